The molecule has 1 aromatic heterocycles. The van der Waals surface area contributed by atoms with Crippen LogP contribution < -0.4 is 4.90 Å². The minimum atomic E-state index is -1.17. The molecule has 1 N–H and O–H groups in total. The largest absolute Gasteiger partial charge is 0.478 e. The highest BCUT2D eigenvalue weighted by molar-refractivity contribution is 5.93. The molecule has 2 rings (SSSR count). The number of hydrogen-bond acceptors (Lipinski definition) is 4. The molecule has 1 aliphatic heterocycles. The van der Waals surface area contributed by atoms with Gasteiger partial charge in [-0.05, 0) is 18.9 Å². The van der Waals surface area contributed by atoms with Crippen molar-refractivity contribution in [2.24, 2.45) is 0 Å². The lowest BCUT2D eigenvalue weighted by atomic mass is 10.1. The second-order valence-corrected chi connectivity index (χ2v) is 4.28. The predicted molar refractivity (Wildman–Crippen MR) is 63.4 cm³/mol. The second kappa shape index (κ2) is 5.30. The Kier molecular flexibility index (Phi) is 3.76. The van der Waals surface area contributed by atoms with Crippen molar-refractivity contribution in [3.05, 3.63) is 23.6 Å². The first-order valence-electron chi connectivity index (χ1n) is 5.78. The summed E-state index contributed by atoms with van der Waals surface area (Å²) in [5, 5.41) is 9.08. The average molecular weight is 254 g/mol. The van der Waals surface area contributed by atoms with Crippen LogP contribution in [0.4, 0.5) is 10.2 Å². The molecule has 98 valence electrons. The van der Waals surface area contributed by atoms with Gasteiger partial charge in [-0.2, -0.15) is 0 Å². The first-order chi connectivity index (χ1) is 8.61. The Morgan fingerprint density at radius 3 is 3.11 bits per heavy atom. The first-order valence-corrected chi connectivity index (χ1v) is 5.78. The summed E-state index contributed by atoms with van der Waals surface area (Å²) in [6, 6.07) is 1.00. The van der Waals surface area contributed by atoms with Crippen LogP contribution in [0.15, 0.2) is 12.3 Å². The lowest BCUT2D eigenvalue weighted by Crippen LogP contribution is -2.40. The van der Waals surface area contributed by atoms with Crippen LogP contribution in [0.2, 0.25) is 0 Å². The fraction of sp³-hybridized carbons (Fsp3) is 0.500. The minimum Gasteiger partial charge on any atom is -0.478 e. The van der Waals surface area contributed by atoms with Crippen LogP contribution in [0, 0.1) is 5.82 Å². The van der Waals surface area contributed by atoms with E-state index < -0.39 is 11.8 Å². The Morgan fingerprint density at radius 2 is 2.44 bits per heavy atom. The highest BCUT2D eigenvalue weighted by Crippen LogP contribution is 2.23. The number of ether oxygens (including phenoxy) is 1. The molecular formula is C12H15FN2O3. The van der Waals surface area contributed by atoms with Crippen molar-refractivity contribution in [2.45, 2.75) is 18.9 Å². The number of carboxylic acids is 1. The van der Waals surface area contributed by atoms with E-state index in [9.17, 15) is 9.18 Å². The summed E-state index contributed by atoms with van der Waals surface area (Å²) in [6.07, 6.45) is 2.94. The van der Waals surface area contributed by atoms with E-state index in [1.165, 1.54) is 0 Å². The molecule has 0 saturated carbocycles. The fourth-order valence-electron chi connectivity index (χ4n) is 2.16. The molecule has 0 spiro atoms. The number of halogens is 1. The zero-order valence-electron chi connectivity index (χ0n) is 10.1. The molecular weight excluding hydrogens is 239 g/mol. The van der Waals surface area contributed by atoms with E-state index >= 15 is 0 Å². The topological polar surface area (TPSA) is 62.7 Å². The van der Waals surface area contributed by atoms with Gasteiger partial charge in [0.15, 0.2) is 0 Å². The lowest BCUT2D eigenvalue weighted by molar-refractivity contribution is 0.0694. The number of aromatic nitrogens is 1. The molecule has 0 bridgehead atoms. The Bertz CT molecular complexity index is 453. The second-order valence-electron chi connectivity index (χ2n) is 4.28. The molecule has 0 radical (unpaired) electrons. The highest BCUT2D eigenvalue weighted by atomic mass is 19.1. The zero-order chi connectivity index (χ0) is 13.1. The number of anilines is 1. The maximum absolute atomic E-state index is 13.0. The van der Waals surface area contributed by atoms with E-state index in [-0.39, 0.29) is 11.7 Å². The van der Waals surface area contributed by atoms with E-state index in [0.717, 1.165) is 25.1 Å². The number of methoxy groups -OCH3 is 1. The van der Waals surface area contributed by atoms with Crippen molar-refractivity contribution >= 4 is 11.8 Å². The Morgan fingerprint density at radius 1 is 1.67 bits per heavy atom. The van der Waals surface area contributed by atoms with Gasteiger partial charge in [-0.3, -0.25) is 0 Å². The zero-order valence-corrected chi connectivity index (χ0v) is 10.1. The summed E-state index contributed by atoms with van der Waals surface area (Å²) in [6.45, 7) is 1.29. The number of piperidine rings is 1. The van der Waals surface area contributed by atoms with Gasteiger partial charge in [-0.1, -0.05) is 0 Å². The SMILES string of the molecule is COC1CCCN(c2ncc(F)cc2C(=O)O)C1. The molecule has 1 aromatic rings. The number of hydrogen-bond donors (Lipinski definition) is 1. The van der Waals surface area contributed by atoms with Crippen LogP contribution in [0.1, 0.15) is 23.2 Å². The number of pyridine rings is 1. The van der Waals surface area contributed by atoms with Crippen LogP contribution in [-0.4, -0.2) is 42.4 Å². The Balaban J connectivity index is 2.29. The smallest absolute Gasteiger partial charge is 0.339 e. The molecule has 18 heavy (non-hydrogen) atoms. The van der Waals surface area contributed by atoms with Gasteiger partial charge in [0.1, 0.15) is 17.2 Å². The number of aromatic carboxylic acids is 1. The van der Waals surface area contributed by atoms with Crippen LogP contribution in [0.25, 0.3) is 0 Å². The third kappa shape index (κ3) is 2.59. The molecule has 1 fully saturated rings. The Hall–Kier alpha value is -1.69. The molecule has 1 aliphatic rings. The van der Waals surface area contributed by atoms with E-state index in [1.54, 1.807) is 7.11 Å². The molecule has 1 unspecified atom stereocenters. The lowest BCUT2D eigenvalue weighted by Gasteiger charge is -2.33. The number of rotatable bonds is 3. The summed E-state index contributed by atoms with van der Waals surface area (Å²) in [4.78, 5) is 16.8. The molecule has 1 atom stereocenters. The van der Waals surface area contributed by atoms with Gasteiger partial charge in [-0.25, -0.2) is 14.2 Å². The van der Waals surface area contributed by atoms with E-state index in [4.69, 9.17) is 9.84 Å². The maximum Gasteiger partial charge on any atom is 0.339 e. The summed E-state index contributed by atoms with van der Waals surface area (Å²) in [5.41, 5.74) is -0.105. The summed E-state index contributed by atoms with van der Waals surface area (Å²) in [7, 11) is 1.63. The Labute approximate surface area is 104 Å². The van der Waals surface area contributed by atoms with Crippen molar-refractivity contribution in [3.63, 3.8) is 0 Å². The first kappa shape index (κ1) is 12.8. The van der Waals surface area contributed by atoms with Gasteiger partial charge >= 0.3 is 5.97 Å². The van der Waals surface area contributed by atoms with Crippen molar-refractivity contribution in [1.82, 2.24) is 4.98 Å². The molecule has 1 saturated heterocycles. The van der Waals surface area contributed by atoms with Gasteiger partial charge in [-0.15, -0.1) is 0 Å². The quantitative estimate of drug-likeness (QED) is 0.886. The van der Waals surface area contributed by atoms with Crippen molar-refractivity contribution in [1.29, 1.82) is 0 Å². The number of carbonyl (C=O) groups is 1. The summed E-state index contributed by atoms with van der Waals surface area (Å²) in [5.74, 6) is -1.50. The molecule has 5 nitrogen and oxygen atoms in total. The maximum atomic E-state index is 13.0. The molecule has 0 aromatic carbocycles. The molecule has 0 amide bonds. The van der Waals surface area contributed by atoms with Gasteiger partial charge in [0.25, 0.3) is 0 Å². The molecule has 2 heterocycles. The van der Waals surface area contributed by atoms with Crippen molar-refractivity contribution in [3.8, 4) is 0 Å². The van der Waals surface area contributed by atoms with Gasteiger partial charge in [0, 0.05) is 20.2 Å². The summed E-state index contributed by atoms with van der Waals surface area (Å²) >= 11 is 0. The molecule has 0 aliphatic carbocycles. The summed E-state index contributed by atoms with van der Waals surface area (Å²) < 4.78 is 18.3. The standard InChI is InChI=1S/C12H15FN2O3/c1-18-9-3-2-4-15(7-9)11-10(12(16)17)5-8(13)6-14-11/h5-6,9H,2-4,7H2,1H3,(H,16,17). The van der Waals surface area contributed by atoms with Crippen molar-refractivity contribution < 1.29 is 19.0 Å². The minimum absolute atomic E-state index is 0.0623. The van der Waals surface area contributed by atoms with E-state index in [2.05, 4.69) is 4.98 Å². The third-order valence-electron chi connectivity index (χ3n) is 3.07. The predicted octanol–water partition coefficient (Wildman–Crippen LogP) is 1.53. The van der Waals surface area contributed by atoms with Crippen LogP contribution >= 0.6 is 0 Å². The van der Waals surface area contributed by atoms with Crippen LogP contribution in [0.5, 0.6) is 0 Å². The molecule has 6 heteroatoms. The monoisotopic (exact) mass is 254 g/mol. The van der Waals surface area contributed by atoms with Gasteiger partial charge < -0.3 is 14.7 Å². The van der Waals surface area contributed by atoms with Gasteiger partial charge in [0.05, 0.1) is 12.3 Å². The van der Waals surface area contributed by atoms with E-state index in [1.807, 2.05) is 4.90 Å². The number of nitrogens with zero attached hydrogens (tertiary/aromatic N) is 2. The normalized spacial score (nSPS) is 19.9. The number of carboxylic acid groups (broad SMARTS) is 1. The average Bonchev–Trinajstić information content (AvgIpc) is 2.38. The van der Waals surface area contributed by atoms with Crippen LogP contribution in [-0.2, 0) is 4.74 Å². The van der Waals surface area contributed by atoms with E-state index in [0.29, 0.717) is 18.9 Å². The van der Waals surface area contributed by atoms with Crippen molar-refractivity contribution in [2.75, 3.05) is 25.1 Å². The highest BCUT2D eigenvalue weighted by Gasteiger charge is 2.24. The fourth-order valence-corrected chi connectivity index (χ4v) is 2.16. The third-order valence-corrected chi connectivity index (χ3v) is 3.07. The van der Waals surface area contributed by atoms with Crippen LogP contribution in [0.3, 0.4) is 0 Å². The van der Waals surface area contributed by atoms with Gasteiger partial charge in [0.2, 0.25) is 0 Å².